The van der Waals surface area contributed by atoms with Gasteiger partial charge in [0, 0.05) is 38.3 Å². The maximum Gasteiger partial charge on any atom is 0.225 e. The molecule has 1 atom stereocenters. The molecule has 0 aromatic heterocycles. The molecule has 2 rings (SSSR count). The fourth-order valence-corrected chi connectivity index (χ4v) is 2.39. The first-order valence-electron chi connectivity index (χ1n) is 7.23. The molecule has 1 aromatic carbocycles. The van der Waals surface area contributed by atoms with E-state index in [9.17, 15) is 9.18 Å². The van der Waals surface area contributed by atoms with Crippen molar-refractivity contribution in [2.45, 2.75) is 25.9 Å². The van der Waals surface area contributed by atoms with Crippen LogP contribution in [0.2, 0.25) is 0 Å². The highest BCUT2D eigenvalue weighted by Gasteiger charge is 2.16. The lowest BCUT2D eigenvalue weighted by atomic mass is 10.2. The van der Waals surface area contributed by atoms with Gasteiger partial charge in [0.1, 0.15) is 5.82 Å². The summed E-state index contributed by atoms with van der Waals surface area (Å²) >= 11 is 0. The number of nitrogens with two attached hydrogens (primary N) is 1. The maximum absolute atomic E-state index is 13.5. The number of anilines is 2. The van der Waals surface area contributed by atoms with Crippen LogP contribution in [0.3, 0.4) is 0 Å². The number of benzene rings is 1. The first-order chi connectivity index (χ1) is 10.0. The smallest absolute Gasteiger partial charge is 0.225 e. The van der Waals surface area contributed by atoms with Gasteiger partial charge in [-0.2, -0.15) is 0 Å². The first kappa shape index (κ1) is 15.7. The van der Waals surface area contributed by atoms with Crippen molar-refractivity contribution in [3.63, 3.8) is 0 Å². The minimum Gasteiger partial charge on any atom is -0.399 e. The van der Waals surface area contributed by atoms with Crippen molar-refractivity contribution < 1.29 is 13.9 Å². The number of carbonyl (C=O) groups excluding carboxylic acids is 1. The van der Waals surface area contributed by atoms with Gasteiger partial charge in [-0.1, -0.05) is 0 Å². The minimum absolute atomic E-state index is 0.132. The molecule has 1 amide bonds. The number of nitrogen functional groups attached to an aromatic ring is 1. The van der Waals surface area contributed by atoms with Crippen molar-refractivity contribution in [2.75, 3.05) is 37.3 Å². The van der Waals surface area contributed by atoms with Gasteiger partial charge in [-0.25, -0.2) is 4.39 Å². The third-order valence-corrected chi connectivity index (χ3v) is 3.46. The lowest BCUT2D eigenvalue weighted by molar-refractivity contribution is -0.116. The first-order valence-corrected chi connectivity index (χ1v) is 7.23. The summed E-state index contributed by atoms with van der Waals surface area (Å²) in [6, 6.07) is 4.14. The Labute approximate surface area is 124 Å². The molecule has 5 nitrogen and oxygen atoms in total. The molecule has 1 fully saturated rings. The van der Waals surface area contributed by atoms with Crippen molar-refractivity contribution in [1.29, 1.82) is 0 Å². The van der Waals surface area contributed by atoms with Gasteiger partial charge >= 0.3 is 0 Å². The van der Waals surface area contributed by atoms with Crippen LogP contribution in [0.25, 0.3) is 0 Å². The summed E-state index contributed by atoms with van der Waals surface area (Å²) in [4.78, 5) is 14.1. The third-order valence-electron chi connectivity index (χ3n) is 3.46. The molecular formula is C15H22FN3O2. The molecular weight excluding hydrogens is 273 g/mol. The number of nitrogens with one attached hydrogen (secondary N) is 1. The SMILES string of the molecule is CC1CN(CCC(=O)Nc2cc(N)ccc2F)CCCO1. The van der Waals surface area contributed by atoms with Crippen LogP contribution in [0, 0.1) is 5.82 Å². The standard InChI is InChI=1S/C15H22FN3O2/c1-11-10-19(6-2-8-21-11)7-5-15(20)18-14-9-12(17)3-4-13(14)16/h3-4,9,11H,2,5-8,10,17H2,1H3,(H,18,20). The maximum atomic E-state index is 13.5. The molecule has 1 saturated heterocycles. The highest BCUT2D eigenvalue weighted by Crippen LogP contribution is 2.17. The minimum atomic E-state index is -0.477. The molecule has 1 aliphatic rings. The van der Waals surface area contributed by atoms with Crippen molar-refractivity contribution in [2.24, 2.45) is 0 Å². The molecule has 1 heterocycles. The van der Waals surface area contributed by atoms with Crippen LogP contribution in [-0.2, 0) is 9.53 Å². The Morgan fingerprint density at radius 1 is 1.57 bits per heavy atom. The molecule has 0 spiro atoms. The number of amides is 1. The summed E-state index contributed by atoms with van der Waals surface area (Å²) in [5.74, 6) is -0.688. The summed E-state index contributed by atoms with van der Waals surface area (Å²) in [5, 5.41) is 2.57. The highest BCUT2D eigenvalue weighted by molar-refractivity contribution is 5.91. The predicted octanol–water partition coefficient (Wildman–Crippen LogP) is 1.85. The average molecular weight is 295 g/mol. The van der Waals surface area contributed by atoms with Gasteiger partial charge < -0.3 is 20.7 Å². The van der Waals surface area contributed by atoms with E-state index in [-0.39, 0.29) is 17.7 Å². The van der Waals surface area contributed by atoms with Crippen LogP contribution >= 0.6 is 0 Å². The number of hydrogen-bond donors (Lipinski definition) is 2. The number of hydrogen-bond acceptors (Lipinski definition) is 4. The van der Waals surface area contributed by atoms with Crippen molar-refractivity contribution >= 4 is 17.3 Å². The zero-order valence-electron chi connectivity index (χ0n) is 12.3. The molecule has 3 N–H and O–H groups in total. The zero-order chi connectivity index (χ0) is 15.2. The monoisotopic (exact) mass is 295 g/mol. The molecule has 0 radical (unpaired) electrons. The van der Waals surface area contributed by atoms with Crippen molar-refractivity contribution in [3.05, 3.63) is 24.0 Å². The molecule has 1 aromatic rings. The average Bonchev–Trinajstić information content (AvgIpc) is 2.65. The third kappa shape index (κ3) is 4.99. The van der Waals surface area contributed by atoms with Crippen molar-refractivity contribution in [1.82, 2.24) is 4.90 Å². The molecule has 0 aliphatic carbocycles. The van der Waals surface area contributed by atoms with Crippen molar-refractivity contribution in [3.8, 4) is 0 Å². The van der Waals surface area contributed by atoms with Crippen LogP contribution in [0.1, 0.15) is 19.8 Å². The van der Waals surface area contributed by atoms with Gasteiger partial charge in [-0.05, 0) is 31.5 Å². The molecule has 0 bridgehead atoms. The quantitative estimate of drug-likeness (QED) is 0.832. The van der Waals surface area contributed by atoms with E-state index in [1.165, 1.54) is 18.2 Å². The van der Waals surface area contributed by atoms with Gasteiger partial charge in [-0.3, -0.25) is 4.79 Å². The van der Waals surface area contributed by atoms with Gasteiger partial charge in [0.2, 0.25) is 5.91 Å². The summed E-state index contributed by atoms with van der Waals surface area (Å²) in [6.45, 7) is 5.17. The molecule has 1 unspecified atom stereocenters. The van der Waals surface area contributed by atoms with Crippen LogP contribution in [0.5, 0.6) is 0 Å². The number of nitrogens with zero attached hydrogens (tertiary/aromatic N) is 1. The van der Waals surface area contributed by atoms with E-state index >= 15 is 0 Å². The second kappa shape index (κ2) is 7.38. The predicted molar refractivity (Wildman–Crippen MR) is 80.5 cm³/mol. The largest absolute Gasteiger partial charge is 0.399 e. The molecule has 6 heteroatoms. The van der Waals surface area contributed by atoms with Gasteiger partial charge in [0.15, 0.2) is 0 Å². The number of carbonyl (C=O) groups is 1. The Bertz CT molecular complexity index is 496. The summed E-state index contributed by atoms with van der Waals surface area (Å²) in [7, 11) is 0. The van der Waals surface area contributed by atoms with Gasteiger partial charge in [-0.15, -0.1) is 0 Å². The van der Waals surface area contributed by atoms with Gasteiger partial charge in [0.25, 0.3) is 0 Å². The van der Waals surface area contributed by atoms with E-state index < -0.39 is 5.82 Å². The van der Waals surface area contributed by atoms with E-state index in [0.717, 1.165) is 26.1 Å². The summed E-state index contributed by atoms with van der Waals surface area (Å²) in [5.41, 5.74) is 6.14. The van der Waals surface area contributed by atoms with E-state index in [1.54, 1.807) is 0 Å². The Balaban J connectivity index is 1.83. The Morgan fingerprint density at radius 3 is 3.19 bits per heavy atom. The molecule has 1 aliphatic heterocycles. The number of halogens is 1. The Morgan fingerprint density at radius 2 is 2.38 bits per heavy atom. The van der Waals surface area contributed by atoms with Crippen LogP contribution in [0.4, 0.5) is 15.8 Å². The second-order valence-corrected chi connectivity index (χ2v) is 5.37. The Hall–Kier alpha value is -1.66. The normalized spacial score (nSPS) is 20.0. The van der Waals surface area contributed by atoms with E-state index in [4.69, 9.17) is 10.5 Å². The molecule has 0 saturated carbocycles. The molecule has 116 valence electrons. The Kier molecular flexibility index (Phi) is 5.52. The lowest BCUT2D eigenvalue weighted by Crippen LogP contribution is -2.33. The van der Waals surface area contributed by atoms with E-state index in [2.05, 4.69) is 10.2 Å². The van der Waals surface area contributed by atoms with Gasteiger partial charge in [0.05, 0.1) is 11.8 Å². The van der Waals surface area contributed by atoms with E-state index in [1.807, 2.05) is 6.92 Å². The van der Waals surface area contributed by atoms with Crippen LogP contribution in [-0.4, -0.2) is 43.2 Å². The van der Waals surface area contributed by atoms with Crippen LogP contribution in [0.15, 0.2) is 18.2 Å². The van der Waals surface area contributed by atoms with Crippen LogP contribution < -0.4 is 11.1 Å². The van der Waals surface area contributed by atoms with E-state index in [0.29, 0.717) is 18.7 Å². The summed E-state index contributed by atoms with van der Waals surface area (Å²) in [6.07, 6.45) is 1.47. The second-order valence-electron chi connectivity index (χ2n) is 5.37. The highest BCUT2D eigenvalue weighted by atomic mass is 19.1. The zero-order valence-corrected chi connectivity index (χ0v) is 12.3. The number of rotatable bonds is 4. The lowest BCUT2D eigenvalue weighted by Gasteiger charge is -2.21. The number of ether oxygens (including phenoxy) is 1. The fraction of sp³-hybridized carbons (Fsp3) is 0.533. The fourth-order valence-electron chi connectivity index (χ4n) is 2.39. The summed E-state index contributed by atoms with van der Waals surface area (Å²) < 4.78 is 19.1. The molecule has 21 heavy (non-hydrogen) atoms. The topological polar surface area (TPSA) is 67.6 Å².